The predicted octanol–water partition coefficient (Wildman–Crippen LogP) is 3.76. The van der Waals surface area contributed by atoms with E-state index in [1.807, 2.05) is 36.4 Å². The average Bonchev–Trinajstić information content (AvgIpc) is 2.57. The van der Waals surface area contributed by atoms with Crippen LogP contribution in [0.2, 0.25) is 19.6 Å². The van der Waals surface area contributed by atoms with Gasteiger partial charge in [0.1, 0.15) is 0 Å². The monoisotopic (exact) mass is 346 g/mol. The van der Waals surface area contributed by atoms with Crippen LogP contribution < -0.4 is 5.19 Å². The van der Waals surface area contributed by atoms with Crippen LogP contribution in [-0.2, 0) is 13.3 Å². The van der Waals surface area contributed by atoms with Crippen LogP contribution in [0.5, 0.6) is 0 Å². The van der Waals surface area contributed by atoms with Crippen molar-refractivity contribution in [3.8, 4) is 0 Å². The molecule has 1 unspecified atom stereocenters. The Morgan fingerprint density at radius 2 is 1.22 bits per heavy atom. The highest BCUT2D eigenvalue weighted by atomic mass is 28.4. The van der Waals surface area contributed by atoms with E-state index in [0.717, 1.165) is 5.19 Å². The van der Waals surface area contributed by atoms with Crippen LogP contribution in [0, 0.1) is 0 Å². The molecule has 2 rings (SSSR count). The highest BCUT2D eigenvalue weighted by Gasteiger charge is 2.47. The molecule has 0 aliphatic carbocycles. The molecule has 0 saturated carbocycles. The third-order valence-electron chi connectivity index (χ3n) is 3.83. The van der Waals surface area contributed by atoms with Gasteiger partial charge in [-0.05, 0) is 5.56 Å². The predicted molar refractivity (Wildman–Crippen MR) is 99.5 cm³/mol. The van der Waals surface area contributed by atoms with Crippen molar-refractivity contribution in [2.45, 2.75) is 25.4 Å². The molecule has 2 aromatic rings. The van der Waals surface area contributed by atoms with Gasteiger partial charge in [0.25, 0.3) is 0 Å². The van der Waals surface area contributed by atoms with Crippen LogP contribution in [0.25, 0.3) is 0 Å². The molecule has 3 nitrogen and oxygen atoms in total. The molecule has 23 heavy (non-hydrogen) atoms. The minimum atomic E-state index is -2.94. The standard InChI is InChI=1S/C18H26O3Si2/c1-19-23(20-2,17-14-10-7-11-15-17)21-18(22(3,4)5)16-12-8-6-9-13-16/h6-15,18H,1-5H3. The smallest absolute Gasteiger partial charge is 0.373 e. The zero-order chi connectivity index (χ0) is 16.9. The van der Waals surface area contributed by atoms with Gasteiger partial charge in [-0.2, -0.15) is 0 Å². The highest BCUT2D eigenvalue weighted by molar-refractivity contribution is 6.80. The van der Waals surface area contributed by atoms with Crippen molar-refractivity contribution in [2.75, 3.05) is 14.2 Å². The molecule has 0 fully saturated rings. The van der Waals surface area contributed by atoms with E-state index in [-0.39, 0.29) is 5.73 Å². The van der Waals surface area contributed by atoms with Crippen LogP contribution >= 0.6 is 0 Å². The molecule has 0 aromatic heterocycles. The quantitative estimate of drug-likeness (QED) is 0.715. The maximum atomic E-state index is 6.63. The number of hydrogen-bond acceptors (Lipinski definition) is 3. The van der Waals surface area contributed by atoms with E-state index in [9.17, 15) is 0 Å². The van der Waals surface area contributed by atoms with Gasteiger partial charge in [-0.15, -0.1) is 0 Å². The highest BCUT2D eigenvalue weighted by Crippen LogP contribution is 2.31. The first-order valence-electron chi connectivity index (χ1n) is 7.81. The lowest BCUT2D eigenvalue weighted by molar-refractivity contribution is 0.0956. The van der Waals surface area contributed by atoms with E-state index in [2.05, 4.69) is 43.9 Å². The maximum absolute atomic E-state index is 6.63. The molecule has 0 heterocycles. The normalized spacial score (nSPS) is 13.8. The van der Waals surface area contributed by atoms with E-state index in [4.69, 9.17) is 13.3 Å². The maximum Gasteiger partial charge on any atom is 0.536 e. The second-order valence-corrected chi connectivity index (χ2v) is 14.6. The van der Waals surface area contributed by atoms with Crippen LogP contribution in [0.15, 0.2) is 60.7 Å². The fourth-order valence-electron chi connectivity index (χ4n) is 2.65. The molecule has 0 radical (unpaired) electrons. The molecule has 5 heteroatoms. The number of rotatable bonds is 7. The molecule has 0 amide bonds. The van der Waals surface area contributed by atoms with E-state index in [0.29, 0.717) is 0 Å². The van der Waals surface area contributed by atoms with E-state index < -0.39 is 16.9 Å². The third-order valence-corrected chi connectivity index (χ3v) is 8.75. The second kappa shape index (κ2) is 7.55. The summed E-state index contributed by atoms with van der Waals surface area (Å²) in [5.74, 6) is 0. The Bertz CT molecular complexity index is 593. The van der Waals surface area contributed by atoms with Gasteiger partial charge in [0.05, 0.1) is 13.8 Å². The number of hydrogen-bond donors (Lipinski definition) is 0. The van der Waals surface area contributed by atoms with Gasteiger partial charge in [0, 0.05) is 19.4 Å². The largest absolute Gasteiger partial charge is 0.536 e. The lowest BCUT2D eigenvalue weighted by atomic mass is 10.2. The molecule has 0 aliphatic heterocycles. The van der Waals surface area contributed by atoms with Crippen LogP contribution in [0.1, 0.15) is 11.3 Å². The topological polar surface area (TPSA) is 27.7 Å². The van der Waals surface area contributed by atoms with Gasteiger partial charge < -0.3 is 13.3 Å². The zero-order valence-corrected chi connectivity index (χ0v) is 16.6. The Balaban J connectivity index is 2.43. The molecule has 124 valence electrons. The van der Waals surface area contributed by atoms with Gasteiger partial charge in [0.15, 0.2) is 0 Å². The van der Waals surface area contributed by atoms with E-state index in [1.165, 1.54) is 5.56 Å². The van der Waals surface area contributed by atoms with Crippen LogP contribution in [-0.4, -0.2) is 31.1 Å². The van der Waals surface area contributed by atoms with Crippen LogP contribution in [0.3, 0.4) is 0 Å². The van der Waals surface area contributed by atoms with Gasteiger partial charge in [-0.25, -0.2) is 0 Å². The lowest BCUT2D eigenvalue weighted by Gasteiger charge is -2.37. The summed E-state index contributed by atoms with van der Waals surface area (Å²) in [6, 6.07) is 20.4. The van der Waals surface area contributed by atoms with Crippen LogP contribution in [0.4, 0.5) is 0 Å². The average molecular weight is 347 g/mol. The minimum Gasteiger partial charge on any atom is -0.373 e. The first-order chi connectivity index (χ1) is 10.9. The van der Waals surface area contributed by atoms with Crippen molar-refractivity contribution >= 4 is 22.1 Å². The molecule has 0 aliphatic rings. The van der Waals surface area contributed by atoms with Crippen molar-refractivity contribution in [2.24, 2.45) is 0 Å². The zero-order valence-electron chi connectivity index (χ0n) is 14.6. The summed E-state index contributed by atoms with van der Waals surface area (Å²) in [5, 5.41) is 0.990. The summed E-state index contributed by atoms with van der Waals surface area (Å²) in [5.41, 5.74) is 1.20. The first kappa shape index (κ1) is 18.1. The Hall–Kier alpha value is -1.25. The molecule has 0 bridgehead atoms. The molecule has 0 N–H and O–H groups in total. The van der Waals surface area contributed by atoms with E-state index in [1.54, 1.807) is 14.2 Å². The summed E-state index contributed by atoms with van der Waals surface area (Å²) in [4.78, 5) is 0. The summed E-state index contributed by atoms with van der Waals surface area (Å²) >= 11 is 0. The first-order valence-corrected chi connectivity index (χ1v) is 13.1. The van der Waals surface area contributed by atoms with Crippen molar-refractivity contribution in [1.29, 1.82) is 0 Å². The Morgan fingerprint density at radius 3 is 1.65 bits per heavy atom. The van der Waals surface area contributed by atoms with Crippen molar-refractivity contribution < 1.29 is 13.3 Å². The van der Waals surface area contributed by atoms with Gasteiger partial charge in [-0.1, -0.05) is 80.3 Å². The fraction of sp³-hybridized carbons (Fsp3) is 0.333. The van der Waals surface area contributed by atoms with Crippen molar-refractivity contribution in [3.05, 3.63) is 66.2 Å². The Morgan fingerprint density at radius 1 is 0.739 bits per heavy atom. The van der Waals surface area contributed by atoms with Gasteiger partial charge in [0.2, 0.25) is 0 Å². The lowest BCUT2D eigenvalue weighted by Crippen LogP contribution is -2.58. The Kier molecular flexibility index (Phi) is 5.94. The fourth-order valence-corrected chi connectivity index (χ4v) is 7.74. The molecule has 0 spiro atoms. The SMILES string of the molecule is CO[Si](OC)(OC(c1ccccc1)[Si](C)(C)C)c1ccccc1. The molecule has 2 aromatic carbocycles. The molecule has 1 atom stereocenters. The Labute approximate surface area is 141 Å². The minimum absolute atomic E-state index is 0.00970. The second-order valence-electron chi connectivity index (χ2n) is 6.61. The summed E-state index contributed by atoms with van der Waals surface area (Å²) in [7, 11) is -1.24. The third kappa shape index (κ3) is 4.19. The summed E-state index contributed by atoms with van der Waals surface area (Å²) < 4.78 is 18.3. The molecular formula is C18H26O3Si2. The van der Waals surface area contributed by atoms with Crippen molar-refractivity contribution in [1.82, 2.24) is 0 Å². The summed E-state index contributed by atoms with van der Waals surface area (Å²) in [6.45, 7) is 6.92. The van der Waals surface area contributed by atoms with Gasteiger partial charge in [-0.3, -0.25) is 0 Å². The number of benzene rings is 2. The molecule has 0 saturated heterocycles. The van der Waals surface area contributed by atoms with Gasteiger partial charge >= 0.3 is 8.80 Å². The van der Waals surface area contributed by atoms with E-state index >= 15 is 0 Å². The van der Waals surface area contributed by atoms with Crippen molar-refractivity contribution in [3.63, 3.8) is 0 Å². The summed E-state index contributed by atoms with van der Waals surface area (Å²) in [6.07, 6.45) is 0. The molecular weight excluding hydrogens is 320 g/mol.